The van der Waals surface area contributed by atoms with Crippen LogP contribution >= 0.6 is 0 Å². The Morgan fingerprint density at radius 2 is 0.680 bits per heavy atom. The molecule has 0 aromatic rings. The van der Waals surface area contributed by atoms with Gasteiger partial charge in [0.15, 0.2) is 0 Å². The highest BCUT2D eigenvalue weighted by Crippen LogP contribution is 2.47. The van der Waals surface area contributed by atoms with Gasteiger partial charge in [-0.15, -0.1) is 0 Å². The van der Waals surface area contributed by atoms with Crippen LogP contribution in [0.4, 0.5) is 0 Å². The van der Waals surface area contributed by atoms with Crippen molar-refractivity contribution in [2.24, 2.45) is 41.4 Å². The van der Waals surface area contributed by atoms with Crippen LogP contribution in [0, 0.1) is 41.4 Å². The summed E-state index contributed by atoms with van der Waals surface area (Å²) in [6.45, 7) is 5.04. The summed E-state index contributed by atoms with van der Waals surface area (Å²) in [5.41, 5.74) is 0. The van der Waals surface area contributed by atoms with E-state index in [2.05, 4.69) is 12.2 Å². The first-order chi connectivity index (χ1) is 12.3. The van der Waals surface area contributed by atoms with Crippen molar-refractivity contribution < 1.29 is 0 Å². The van der Waals surface area contributed by atoms with Gasteiger partial charge >= 0.3 is 0 Å². The lowest BCUT2D eigenvalue weighted by Crippen LogP contribution is -2.34. The van der Waals surface area contributed by atoms with Gasteiger partial charge in [-0.3, -0.25) is 0 Å². The van der Waals surface area contributed by atoms with E-state index in [9.17, 15) is 0 Å². The summed E-state index contributed by atoms with van der Waals surface area (Å²) >= 11 is 0. The van der Waals surface area contributed by atoms with Crippen molar-refractivity contribution in [2.75, 3.05) is 13.1 Å². The summed E-state index contributed by atoms with van der Waals surface area (Å²) in [5.74, 6) is 7.58. The third-order valence-electron chi connectivity index (χ3n) is 9.08. The largest absolute Gasteiger partial charge is 0.317 e. The molecule has 3 saturated carbocycles. The van der Waals surface area contributed by atoms with Gasteiger partial charge in [0.25, 0.3) is 0 Å². The third-order valence-corrected chi connectivity index (χ3v) is 9.08. The van der Waals surface area contributed by atoms with E-state index >= 15 is 0 Å². The van der Waals surface area contributed by atoms with Crippen LogP contribution in [0.3, 0.4) is 0 Å². The van der Waals surface area contributed by atoms with Crippen molar-refractivity contribution in [3.63, 3.8) is 0 Å². The number of hydrogen-bond acceptors (Lipinski definition) is 1. The number of nitrogens with one attached hydrogen (secondary N) is 1. The first kappa shape index (κ1) is 18.3. The molecule has 1 heteroatoms. The van der Waals surface area contributed by atoms with Gasteiger partial charge in [-0.25, -0.2) is 0 Å². The highest BCUT2D eigenvalue weighted by atomic mass is 14.9. The third kappa shape index (κ3) is 4.63. The molecule has 3 aliphatic carbocycles. The monoisotopic (exact) mass is 345 g/mol. The maximum Gasteiger partial charge on any atom is -0.00462 e. The Morgan fingerprint density at radius 3 is 1.04 bits per heavy atom. The predicted molar refractivity (Wildman–Crippen MR) is 108 cm³/mol. The predicted octanol–water partition coefficient (Wildman–Crippen LogP) is 6.43. The molecule has 0 radical (unpaired) electrons. The molecule has 1 N–H and O–H groups in total. The highest BCUT2D eigenvalue weighted by molar-refractivity contribution is 4.87. The van der Waals surface area contributed by atoms with E-state index in [4.69, 9.17) is 0 Å². The van der Waals surface area contributed by atoms with E-state index < -0.39 is 0 Å². The smallest absolute Gasteiger partial charge is 0.00462 e. The number of piperidine rings is 1. The fourth-order valence-corrected chi connectivity index (χ4v) is 7.25. The molecular formula is C24H43N. The zero-order chi connectivity index (χ0) is 17.1. The molecule has 25 heavy (non-hydrogen) atoms. The summed E-state index contributed by atoms with van der Waals surface area (Å²) in [7, 11) is 0. The van der Waals surface area contributed by atoms with Gasteiger partial charge in [0, 0.05) is 0 Å². The first-order valence-electron chi connectivity index (χ1n) is 12.0. The van der Waals surface area contributed by atoms with Crippen molar-refractivity contribution in [3.8, 4) is 0 Å². The van der Waals surface area contributed by atoms with Crippen molar-refractivity contribution in [1.82, 2.24) is 5.32 Å². The molecule has 4 fully saturated rings. The molecule has 0 atom stereocenters. The molecule has 1 heterocycles. The van der Waals surface area contributed by atoms with E-state index in [0.29, 0.717) is 0 Å². The average molecular weight is 346 g/mol. The van der Waals surface area contributed by atoms with Gasteiger partial charge in [0.1, 0.15) is 0 Å². The second-order valence-electron chi connectivity index (χ2n) is 10.5. The minimum atomic E-state index is 1.02. The minimum absolute atomic E-state index is 1.02. The molecule has 4 rings (SSSR count). The summed E-state index contributed by atoms with van der Waals surface area (Å²) in [6, 6.07) is 0. The zero-order valence-corrected chi connectivity index (χ0v) is 16.9. The van der Waals surface area contributed by atoms with Crippen LogP contribution in [-0.4, -0.2) is 13.1 Å². The normalized spacial score (nSPS) is 44.5. The van der Waals surface area contributed by atoms with E-state index in [1.54, 1.807) is 64.2 Å². The van der Waals surface area contributed by atoms with Crippen molar-refractivity contribution in [1.29, 1.82) is 0 Å². The van der Waals surface area contributed by atoms with Gasteiger partial charge in [-0.1, -0.05) is 19.8 Å². The molecule has 0 spiro atoms. The van der Waals surface area contributed by atoms with Gasteiger partial charge in [0.2, 0.25) is 0 Å². The molecule has 1 aliphatic heterocycles. The summed E-state index contributed by atoms with van der Waals surface area (Å²) in [5, 5.41) is 3.55. The molecule has 1 saturated heterocycles. The van der Waals surface area contributed by atoms with Crippen molar-refractivity contribution >= 4 is 0 Å². The summed E-state index contributed by atoms with van der Waals surface area (Å²) < 4.78 is 0. The van der Waals surface area contributed by atoms with Crippen LogP contribution in [0.15, 0.2) is 0 Å². The fourth-order valence-electron chi connectivity index (χ4n) is 7.25. The molecule has 144 valence electrons. The first-order valence-corrected chi connectivity index (χ1v) is 12.0. The van der Waals surface area contributed by atoms with Crippen LogP contribution < -0.4 is 5.32 Å². The topological polar surface area (TPSA) is 12.0 Å². The molecule has 0 unspecified atom stereocenters. The SMILES string of the molecule is CC1CCC(C2CCC(C3CCC(C4CCNCC4)CC3)CC2)CC1. The Labute approximate surface area is 157 Å². The van der Waals surface area contributed by atoms with E-state index in [0.717, 1.165) is 41.4 Å². The average Bonchev–Trinajstić information content (AvgIpc) is 2.70. The van der Waals surface area contributed by atoms with Gasteiger partial charge in [-0.05, 0) is 132 Å². The minimum Gasteiger partial charge on any atom is -0.317 e. The van der Waals surface area contributed by atoms with E-state index in [1.807, 2.05) is 0 Å². The zero-order valence-electron chi connectivity index (χ0n) is 16.9. The molecule has 1 nitrogen and oxygen atoms in total. The Bertz CT molecular complexity index is 375. The van der Waals surface area contributed by atoms with Gasteiger partial charge in [-0.2, -0.15) is 0 Å². The fraction of sp³-hybridized carbons (Fsp3) is 1.00. The lowest BCUT2D eigenvalue weighted by Gasteiger charge is -2.42. The Kier molecular flexibility index (Phi) is 6.43. The number of hydrogen-bond donors (Lipinski definition) is 1. The lowest BCUT2D eigenvalue weighted by atomic mass is 9.64. The molecule has 0 aromatic heterocycles. The van der Waals surface area contributed by atoms with Gasteiger partial charge < -0.3 is 5.32 Å². The van der Waals surface area contributed by atoms with Crippen molar-refractivity contribution in [2.45, 2.75) is 96.8 Å². The molecule has 0 aromatic carbocycles. The van der Waals surface area contributed by atoms with Crippen molar-refractivity contribution in [3.05, 3.63) is 0 Å². The molecular weight excluding hydrogens is 302 g/mol. The maximum atomic E-state index is 3.55. The molecule has 0 amide bonds. The van der Waals surface area contributed by atoms with Crippen LogP contribution in [0.1, 0.15) is 96.8 Å². The summed E-state index contributed by atoms with van der Waals surface area (Å²) in [6.07, 6.45) is 21.7. The second kappa shape index (κ2) is 8.77. The standard InChI is InChI=1S/C24H43N/c1-18-2-4-19(5-3-18)20-6-8-21(9-7-20)22-10-12-23(13-11-22)24-14-16-25-17-15-24/h18-25H,2-17H2,1H3. The lowest BCUT2D eigenvalue weighted by molar-refractivity contribution is 0.0921. The van der Waals surface area contributed by atoms with Gasteiger partial charge in [0.05, 0.1) is 0 Å². The summed E-state index contributed by atoms with van der Waals surface area (Å²) in [4.78, 5) is 0. The number of rotatable bonds is 3. The van der Waals surface area contributed by atoms with Crippen LogP contribution in [0.2, 0.25) is 0 Å². The molecule has 0 bridgehead atoms. The quantitative estimate of drug-likeness (QED) is 0.622. The Morgan fingerprint density at radius 1 is 0.400 bits per heavy atom. The Hall–Kier alpha value is -0.0400. The maximum absolute atomic E-state index is 3.55. The van der Waals surface area contributed by atoms with E-state index in [1.165, 1.54) is 38.8 Å². The van der Waals surface area contributed by atoms with Crippen LogP contribution in [-0.2, 0) is 0 Å². The highest BCUT2D eigenvalue weighted by Gasteiger charge is 2.35. The van der Waals surface area contributed by atoms with E-state index in [-0.39, 0.29) is 0 Å². The van der Waals surface area contributed by atoms with Crippen LogP contribution in [0.25, 0.3) is 0 Å². The molecule has 4 aliphatic rings. The van der Waals surface area contributed by atoms with Crippen LogP contribution in [0.5, 0.6) is 0 Å². The Balaban J connectivity index is 1.18. The second-order valence-corrected chi connectivity index (χ2v) is 10.5.